The molecule has 1 unspecified atom stereocenters. The molecule has 4 aromatic rings. The molecular formula is C28H31ClN6O3. The van der Waals surface area contributed by atoms with Gasteiger partial charge in [-0.1, -0.05) is 35.9 Å². The van der Waals surface area contributed by atoms with E-state index in [1.165, 1.54) is 17.4 Å². The lowest BCUT2D eigenvalue weighted by atomic mass is 10.1. The molecule has 0 bridgehead atoms. The normalized spacial score (nSPS) is 17.7. The maximum atomic E-state index is 13.7. The SMILES string of the molecule is Cn1c(Oc2cccc(OCC3CC3)c2)nc2nc(N3CCCC(N)C3)n(Cc3ccccc3Cl)c2c1=O. The summed E-state index contributed by atoms with van der Waals surface area (Å²) in [6.45, 7) is 2.55. The molecule has 0 amide bonds. The summed E-state index contributed by atoms with van der Waals surface area (Å²) in [4.78, 5) is 25.4. The monoisotopic (exact) mass is 534 g/mol. The highest BCUT2D eigenvalue weighted by Crippen LogP contribution is 2.31. The van der Waals surface area contributed by atoms with Gasteiger partial charge in [0.15, 0.2) is 11.2 Å². The van der Waals surface area contributed by atoms with E-state index in [9.17, 15) is 4.79 Å². The van der Waals surface area contributed by atoms with Crippen LogP contribution in [0.25, 0.3) is 11.2 Å². The third kappa shape index (κ3) is 5.08. The molecule has 3 heterocycles. The number of hydrogen-bond acceptors (Lipinski definition) is 7. The Morgan fingerprint density at radius 3 is 2.68 bits per heavy atom. The lowest BCUT2D eigenvalue weighted by Gasteiger charge is -2.31. The van der Waals surface area contributed by atoms with Crippen molar-refractivity contribution in [2.75, 3.05) is 24.6 Å². The molecule has 198 valence electrons. The average Bonchev–Trinajstić information content (AvgIpc) is 3.68. The van der Waals surface area contributed by atoms with Crippen LogP contribution in [0.4, 0.5) is 5.95 Å². The van der Waals surface area contributed by atoms with E-state index in [1.54, 1.807) is 7.05 Å². The molecule has 1 atom stereocenters. The second-order valence-corrected chi connectivity index (χ2v) is 10.6. The first-order valence-electron chi connectivity index (χ1n) is 13.1. The summed E-state index contributed by atoms with van der Waals surface area (Å²) < 4.78 is 15.3. The predicted molar refractivity (Wildman–Crippen MR) is 147 cm³/mol. The van der Waals surface area contributed by atoms with Gasteiger partial charge in [0.25, 0.3) is 5.56 Å². The maximum Gasteiger partial charge on any atom is 0.306 e. The Morgan fingerprint density at radius 1 is 1.08 bits per heavy atom. The predicted octanol–water partition coefficient (Wildman–Crippen LogP) is 4.34. The molecule has 1 saturated heterocycles. The molecule has 38 heavy (non-hydrogen) atoms. The summed E-state index contributed by atoms with van der Waals surface area (Å²) in [6.07, 6.45) is 4.35. The second kappa shape index (κ2) is 10.3. The fourth-order valence-corrected chi connectivity index (χ4v) is 5.03. The Kier molecular flexibility index (Phi) is 6.71. The molecule has 10 heteroatoms. The van der Waals surface area contributed by atoms with Gasteiger partial charge in [-0.2, -0.15) is 9.97 Å². The number of halogens is 1. The lowest BCUT2D eigenvalue weighted by Crippen LogP contribution is -2.44. The Bertz CT molecular complexity index is 1530. The van der Waals surface area contributed by atoms with E-state index in [2.05, 4.69) is 9.88 Å². The van der Waals surface area contributed by atoms with Gasteiger partial charge in [-0.05, 0) is 55.4 Å². The highest BCUT2D eigenvalue weighted by Gasteiger charge is 2.26. The molecule has 6 rings (SSSR count). The van der Waals surface area contributed by atoms with Crippen LogP contribution >= 0.6 is 11.6 Å². The Labute approximate surface area is 225 Å². The van der Waals surface area contributed by atoms with Crippen molar-refractivity contribution in [1.82, 2.24) is 19.1 Å². The van der Waals surface area contributed by atoms with Gasteiger partial charge in [-0.3, -0.25) is 13.9 Å². The van der Waals surface area contributed by atoms with Crippen molar-refractivity contribution < 1.29 is 9.47 Å². The Balaban J connectivity index is 1.39. The highest BCUT2D eigenvalue weighted by atomic mass is 35.5. The molecule has 1 saturated carbocycles. The van der Waals surface area contributed by atoms with Crippen molar-refractivity contribution in [3.05, 3.63) is 69.5 Å². The van der Waals surface area contributed by atoms with Crippen molar-refractivity contribution in [3.63, 3.8) is 0 Å². The molecule has 0 spiro atoms. The number of rotatable bonds is 8. The molecule has 9 nitrogen and oxygen atoms in total. The molecule has 0 radical (unpaired) electrons. The fourth-order valence-electron chi connectivity index (χ4n) is 4.83. The van der Waals surface area contributed by atoms with E-state index in [4.69, 9.17) is 31.8 Å². The zero-order chi connectivity index (χ0) is 26.2. The minimum absolute atomic E-state index is 0.0430. The number of benzene rings is 2. The first-order valence-corrected chi connectivity index (χ1v) is 13.5. The van der Waals surface area contributed by atoms with E-state index in [-0.39, 0.29) is 17.6 Å². The summed E-state index contributed by atoms with van der Waals surface area (Å²) in [7, 11) is 1.65. The summed E-state index contributed by atoms with van der Waals surface area (Å²) in [5.74, 6) is 2.58. The maximum absolute atomic E-state index is 13.7. The molecule has 2 N–H and O–H groups in total. The molecule has 2 fully saturated rings. The molecule has 1 aliphatic heterocycles. The van der Waals surface area contributed by atoms with Gasteiger partial charge >= 0.3 is 6.01 Å². The smallest absolute Gasteiger partial charge is 0.306 e. The number of fused-ring (bicyclic) bond motifs is 1. The third-order valence-electron chi connectivity index (χ3n) is 7.15. The number of ether oxygens (including phenoxy) is 2. The third-order valence-corrected chi connectivity index (χ3v) is 7.52. The van der Waals surface area contributed by atoms with Crippen molar-refractivity contribution in [2.45, 2.75) is 38.3 Å². The minimum Gasteiger partial charge on any atom is -0.493 e. The summed E-state index contributed by atoms with van der Waals surface area (Å²) in [5, 5.41) is 0.629. The number of aromatic nitrogens is 4. The largest absolute Gasteiger partial charge is 0.493 e. The fraction of sp³-hybridized carbons (Fsp3) is 0.393. The second-order valence-electron chi connectivity index (χ2n) is 10.2. The highest BCUT2D eigenvalue weighted by molar-refractivity contribution is 6.31. The summed E-state index contributed by atoms with van der Waals surface area (Å²) in [6, 6.07) is 15.2. The van der Waals surface area contributed by atoms with Gasteiger partial charge in [0.1, 0.15) is 11.5 Å². The zero-order valence-corrected chi connectivity index (χ0v) is 22.1. The van der Waals surface area contributed by atoms with Gasteiger partial charge in [-0.15, -0.1) is 0 Å². The van der Waals surface area contributed by atoms with Crippen LogP contribution in [0.2, 0.25) is 5.02 Å². The first kappa shape index (κ1) is 24.8. The van der Waals surface area contributed by atoms with Gasteiger partial charge in [-0.25, -0.2) is 0 Å². The molecular weight excluding hydrogens is 504 g/mol. The van der Waals surface area contributed by atoms with Crippen molar-refractivity contribution in [1.29, 1.82) is 0 Å². The Hall–Kier alpha value is -3.56. The van der Waals surface area contributed by atoms with Crippen LogP contribution in [0.3, 0.4) is 0 Å². The zero-order valence-electron chi connectivity index (χ0n) is 21.3. The van der Waals surface area contributed by atoms with Crippen molar-refractivity contribution in [2.24, 2.45) is 18.7 Å². The van der Waals surface area contributed by atoms with Crippen LogP contribution in [0.5, 0.6) is 17.5 Å². The number of anilines is 1. The van der Waals surface area contributed by atoms with Crippen LogP contribution in [0.1, 0.15) is 31.2 Å². The first-order chi connectivity index (χ1) is 18.5. The average molecular weight is 535 g/mol. The van der Waals surface area contributed by atoms with E-state index < -0.39 is 0 Å². The van der Waals surface area contributed by atoms with Crippen LogP contribution < -0.4 is 25.7 Å². The van der Waals surface area contributed by atoms with E-state index >= 15 is 0 Å². The van der Waals surface area contributed by atoms with Crippen LogP contribution in [0, 0.1) is 5.92 Å². The van der Waals surface area contributed by atoms with Crippen LogP contribution in [0.15, 0.2) is 53.3 Å². The van der Waals surface area contributed by atoms with Crippen molar-refractivity contribution in [3.8, 4) is 17.5 Å². The van der Waals surface area contributed by atoms with Crippen molar-refractivity contribution >= 4 is 28.7 Å². The van der Waals surface area contributed by atoms with Crippen LogP contribution in [-0.2, 0) is 13.6 Å². The molecule has 1 aliphatic carbocycles. The summed E-state index contributed by atoms with van der Waals surface area (Å²) >= 11 is 6.50. The van der Waals surface area contributed by atoms with E-state index in [0.29, 0.717) is 53.5 Å². The molecule has 2 aliphatic rings. The Morgan fingerprint density at radius 2 is 1.89 bits per heavy atom. The van der Waals surface area contributed by atoms with E-state index in [0.717, 1.165) is 30.7 Å². The lowest BCUT2D eigenvalue weighted by molar-refractivity contribution is 0.298. The van der Waals surface area contributed by atoms with Gasteiger partial charge < -0.3 is 20.1 Å². The van der Waals surface area contributed by atoms with Gasteiger partial charge in [0.2, 0.25) is 5.95 Å². The molecule has 2 aromatic carbocycles. The number of hydrogen-bond donors (Lipinski definition) is 1. The van der Waals surface area contributed by atoms with E-state index in [1.807, 2.05) is 53.1 Å². The minimum atomic E-state index is -0.252. The van der Waals surface area contributed by atoms with Gasteiger partial charge in [0.05, 0.1) is 13.2 Å². The standard InChI is InChI=1S/C28H31ClN6O3/c1-33-26(36)24-25(32-28(33)38-22-9-4-8-21(14-22)37-17-18-11-12-18)31-27(34-13-5-7-20(30)16-34)35(24)15-19-6-2-3-10-23(19)29/h2-4,6,8-10,14,18,20H,5,7,11-13,15-17,30H2,1H3. The van der Waals surface area contributed by atoms with Gasteiger partial charge in [0, 0.05) is 37.3 Å². The summed E-state index contributed by atoms with van der Waals surface area (Å²) in [5.41, 5.74) is 7.65. The number of nitrogens with zero attached hydrogens (tertiary/aromatic N) is 5. The number of piperidine rings is 1. The number of nitrogens with two attached hydrogens (primary N) is 1. The quantitative estimate of drug-likeness (QED) is 0.359. The molecule has 2 aromatic heterocycles. The topological polar surface area (TPSA) is 100 Å². The number of imidazole rings is 1. The van der Waals surface area contributed by atoms with Crippen LogP contribution in [-0.4, -0.2) is 44.8 Å².